The molecule has 5 heteroatoms. The van der Waals surface area contributed by atoms with Crippen molar-refractivity contribution >= 4 is 5.91 Å². The zero-order valence-electron chi connectivity index (χ0n) is 11.2. The first-order valence-corrected chi connectivity index (χ1v) is 6.30. The van der Waals surface area contributed by atoms with Crippen LogP contribution in [0.5, 0.6) is 0 Å². The third-order valence-corrected chi connectivity index (χ3v) is 3.28. The number of primary amides is 1. The van der Waals surface area contributed by atoms with Gasteiger partial charge in [0, 0.05) is 26.2 Å². The van der Waals surface area contributed by atoms with Gasteiger partial charge in [-0.15, -0.1) is 0 Å². The predicted molar refractivity (Wildman–Crippen MR) is 67.7 cm³/mol. The molecule has 3 N–H and O–H groups in total. The van der Waals surface area contributed by atoms with Crippen LogP contribution in [0.15, 0.2) is 0 Å². The lowest BCUT2D eigenvalue weighted by atomic mass is 9.93. The lowest BCUT2D eigenvalue weighted by molar-refractivity contribution is -0.125. The second kappa shape index (κ2) is 6.33. The molecule has 1 fully saturated rings. The number of rotatable bonds is 6. The highest BCUT2D eigenvalue weighted by Gasteiger charge is 2.25. The minimum Gasteiger partial charge on any atom is -0.374 e. The quantitative estimate of drug-likeness (QED) is 0.678. The Labute approximate surface area is 104 Å². The molecular formula is C12H25N3O2. The SMILES string of the molecule is CCN1CCOC(CNCC(C)(C)C(N)=O)C1. The second-order valence-electron chi connectivity index (χ2n) is 5.27. The summed E-state index contributed by atoms with van der Waals surface area (Å²) in [7, 11) is 0. The molecule has 0 aromatic carbocycles. The Morgan fingerprint density at radius 1 is 1.59 bits per heavy atom. The van der Waals surface area contributed by atoms with Crippen molar-refractivity contribution in [1.29, 1.82) is 0 Å². The first kappa shape index (κ1) is 14.4. The fourth-order valence-electron chi connectivity index (χ4n) is 1.82. The largest absolute Gasteiger partial charge is 0.374 e. The molecule has 1 aliphatic rings. The maximum atomic E-state index is 11.1. The van der Waals surface area contributed by atoms with Crippen LogP contribution < -0.4 is 11.1 Å². The molecule has 0 spiro atoms. The molecule has 0 aliphatic carbocycles. The van der Waals surface area contributed by atoms with E-state index in [9.17, 15) is 4.79 Å². The van der Waals surface area contributed by atoms with Crippen LogP contribution in [0.25, 0.3) is 0 Å². The summed E-state index contributed by atoms with van der Waals surface area (Å²) >= 11 is 0. The van der Waals surface area contributed by atoms with Gasteiger partial charge in [-0.05, 0) is 20.4 Å². The van der Waals surface area contributed by atoms with Crippen molar-refractivity contribution in [2.75, 3.05) is 39.3 Å². The van der Waals surface area contributed by atoms with E-state index in [1.807, 2.05) is 13.8 Å². The van der Waals surface area contributed by atoms with Crippen molar-refractivity contribution in [3.63, 3.8) is 0 Å². The normalized spacial score (nSPS) is 22.6. The van der Waals surface area contributed by atoms with Crippen LogP contribution in [0.4, 0.5) is 0 Å². The minimum atomic E-state index is -0.501. The molecule has 1 atom stereocenters. The van der Waals surface area contributed by atoms with Gasteiger partial charge in [-0.3, -0.25) is 9.69 Å². The van der Waals surface area contributed by atoms with Crippen LogP contribution in [0.2, 0.25) is 0 Å². The van der Waals surface area contributed by atoms with Gasteiger partial charge in [0.1, 0.15) is 0 Å². The van der Waals surface area contributed by atoms with E-state index >= 15 is 0 Å². The molecule has 0 bridgehead atoms. The summed E-state index contributed by atoms with van der Waals surface area (Å²) in [6.07, 6.45) is 0.215. The van der Waals surface area contributed by atoms with Gasteiger partial charge >= 0.3 is 0 Å². The van der Waals surface area contributed by atoms with Crippen LogP contribution in [-0.4, -0.2) is 56.2 Å². The first-order chi connectivity index (χ1) is 7.95. The van der Waals surface area contributed by atoms with Gasteiger partial charge in [-0.25, -0.2) is 0 Å². The number of morpholine rings is 1. The number of nitrogens with two attached hydrogens (primary N) is 1. The fraction of sp³-hybridized carbons (Fsp3) is 0.917. The average molecular weight is 243 g/mol. The van der Waals surface area contributed by atoms with Gasteiger partial charge < -0.3 is 15.8 Å². The number of nitrogens with one attached hydrogen (secondary N) is 1. The Morgan fingerprint density at radius 3 is 2.88 bits per heavy atom. The number of likely N-dealkylation sites (N-methyl/N-ethyl adjacent to an activating group) is 1. The molecule has 1 rings (SSSR count). The zero-order chi connectivity index (χ0) is 12.9. The van der Waals surface area contributed by atoms with Gasteiger partial charge in [0.2, 0.25) is 5.91 Å². The Balaban J connectivity index is 2.24. The number of hydrogen-bond donors (Lipinski definition) is 2. The van der Waals surface area contributed by atoms with Crippen LogP contribution in [0.1, 0.15) is 20.8 Å². The number of carbonyl (C=O) groups excluding carboxylic acids is 1. The summed E-state index contributed by atoms with van der Waals surface area (Å²) in [4.78, 5) is 13.5. The number of carbonyl (C=O) groups is 1. The van der Waals surface area contributed by atoms with E-state index in [1.165, 1.54) is 0 Å². The molecule has 0 saturated carbocycles. The molecular weight excluding hydrogens is 218 g/mol. The van der Waals surface area contributed by atoms with Gasteiger partial charge in [0.25, 0.3) is 0 Å². The van der Waals surface area contributed by atoms with E-state index in [2.05, 4.69) is 17.1 Å². The highest BCUT2D eigenvalue weighted by atomic mass is 16.5. The topological polar surface area (TPSA) is 67.6 Å². The van der Waals surface area contributed by atoms with Crippen LogP contribution in [0.3, 0.4) is 0 Å². The molecule has 0 aromatic rings. The fourth-order valence-corrected chi connectivity index (χ4v) is 1.82. The van der Waals surface area contributed by atoms with Gasteiger partial charge in [-0.1, -0.05) is 6.92 Å². The first-order valence-electron chi connectivity index (χ1n) is 6.30. The van der Waals surface area contributed by atoms with E-state index in [1.54, 1.807) is 0 Å². The molecule has 0 radical (unpaired) electrons. The zero-order valence-corrected chi connectivity index (χ0v) is 11.2. The number of nitrogens with zero attached hydrogens (tertiary/aromatic N) is 1. The Morgan fingerprint density at radius 2 is 2.29 bits per heavy atom. The van der Waals surface area contributed by atoms with Crippen LogP contribution in [-0.2, 0) is 9.53 Å². The lowest BCUT2D eigenvalue weighted by Crippen LogP contribution is -2.48. The van der Waals surface area contributed by atoms with Crippen molar-refractivity contribution in [3.8, 4) is 0 Å². The van der Waals surface area contributed by atoms with Crippen molar-refractivity contribution in [2.24, 2.45) is 11.1 Å². The molecule has 0 aromatic heterocycles. The standard InChI is InChI=1S/C12H25N3O2/c1-4-15-5-6-17-10(8-15)7-14-9-12(2,3)11(13)16/h10,14H,4-9H2,1-3H3,(H2,13,16). The Kier molecular flexibility index (Phi) is 5.36. The van der Waals surface area contributed by atoms with Gasteiger partial charge in [-0.2, -0.15) is 0 Å². The average Bonchev–Trinajstić information content (AvgIpc) is 2.29. The maximum absolute atomic E-state index is 11.1. The maximum Gasteiger partial charge on any atom is 0.224 e. The summed E-state index contributed by atoms with van der Waals surface area (Å²) < 4.78 is 5.66. The highest BCUT2D eigenvalue weighted by Crippen LogP contribution is 2.12. The molecule has 17 heavy (non-hydrogen) atoms. The third kappa shape index (κ3) is 4.61. The lowest BCUT2D eigenvalue weighted by Gasteiger charge is -2.32. The van der Waals surface area contributed by atoms with Crippen LogP contribution >= 0.6 is 0 Å². The predicted octanol–water partition coefficient (Wildman–Crippen LogP) is -0.192. The summed E-state index contributed by atoms with van der Waals surface area (Å²) in [6.45, 7) is 11.0. The smallest absolute Gasteiger partial charge is 0.224 e. The van der Waals surface area contributed by atoms with E-state index in [0.29, 0.717) is 6.54 Å². The minimum absolute atomic E-state index is 0.215. The van der Waals surface area contributed by atoms with E-state index in [0.717, 1.165) is 32.8 Å². The molecule has 1 amide bonds. The van der Waals surface area contributed by atoms with Gasteiger partial charge in [0.05, 0.1) is 18.1 Å². The van der Waals surface area contributed by atoms with Crippen molar-refractivity contribution in [1.82, 2.24) is 10.2 Å². The molecule has 100 valence electrons. The second-order valence-corrected chi connectivity index (χ2v) is 5.27. The molecule has 1 aliphatic heterocycles. The Bertz CT molecular complexity index is 256. The van der Waals surface area contributed by atoms with Crippen LogP contribution in [0, 0.1) is 5.41 Å². The molecule has 1 unspecified atom stereocenters. The Hall–Kier alpha value is -0.650. The summed E-state index contributed by atoms with van der Waals surface area (Å²) in [5.74, 6) is -0.273. The van der Waals surface area contributed by atoms with Crippen molar-refractivity contribution in [3.05, 3.63) is 0 Å². The van der Waals surface area contributed by atoms with Gasteiger partial charge in [0.15, 0.2) is 0 Å². The van der Waals surface area contributed by atoms with E-state index in [4.69, 9.17) is 10.5 Å². The van der Waals surface area contributed by atoms with E-state index in [-0.39, 0.29) is 12.0 Å². The number of amides is 1. The van der Waals surface area contributed by atoms with Crippen molar-refractivity contribution in [2.45, 2.75) is 26.9 Å². The number of ether oxygens (including phenoxy) is 1. The molecule has 1 heterocycles. The summed E-state index contributed by atoms with van der Waals surface area (Å²) in [6, 6.07) is 0. The highest BCUT2D eigenvalue weighted by molar-refractivity contribution is 5.80. The molecule has 5 nitrogen and oxygen atoms in total. The molecule has 1 saturated heterocycles. The summed E-state index contributed by atoms with van der Waals surface area (Å²) in [5.41, 5.74) is 4.81. The van der Waals surface area contributed by atoms with Crippen molar-refractivity contribution < 1.29 is 9.53 Å². The summed E-state index contributed by atoms with van der Waals surface area (Å²) in [5, 5.41) is 3.27. The van der Waals surface area contributed by atoms with E-state index < -0.39 is 5.41 Å². The number of hydrogen-bond acceptors (Lipinski definition) is 4. The third-order valence-electron chi connectivity index (χ3n) is 3.28. The monoisotopic (exact) mass is 243 g/mol.